The van der Waals surface area contributed by atoms with Crippen molar-refractivity contribution in [2.75, 3.05) is 45.1 Å². The SMILES string of the molecule is CCc1ncc(Nc2cccc(CCNC(=O)CN(C)C(=O)/C=C/CN3CCC3)c2)nc1OC(C)C. The number of likely N-dealkylation sites (tertiary alicyclic amines) is 1. The maximum absolute atomic E-state index is 12.3. The minimum Gasteiger partial charge on any atom is -0.474 e. The number of carbonyl (C=O) groups excluding carboxylic acids is 2. The van der Waals surface area contributed by atoms with Gasteiger partial charge in [-0.2, -0.15) is 4.98 Å². The van der Waals surface area contributed by atoms with Crippen molar-refractivity contribution in [2.24, 2.45) is 0 Å². The number of aryl methyl sites for hydroxylation is 1. The third-order valence-corrected chi connectivity index (χ3v) is 5.76. The van der Waals surface area contributed by atoms with Crippen molar-refractivity contribution in [3.05, 3.63) is 53.9 Å². The molecule has 0 radical (unpaired) electrons. The minimum atomic E-state index is -0.180. The molecule has 2 N–H and O–H groups in total. The lowest BCUT2D eigenvalue weighted by atomic mass is 10.1. The van der Waals surface area contributed by atoms with Crippen LogP contribution in [0.25, 0.3) is 0 Å². The zero-order chi connectivity index (χ0) is 25.9. The number of amides is 2. The number of aromatic nitrogens is 2. The number of hydrogen-bond donors (Lipinski definition) is 2. The monoisotopic (exact) mass is 494 g/mol. The zero-order valence-electron chi connectivity index (χ0n) is 21.8. The lowest BCUT2D eigenvalue weighted by Crippen LogP contribution is -2.39. The third-order valence-electron chi connectivity index (χ3n) is 5.76. The van der Waals surface area contributed by atoms with Crippen molar-refractivity contribution in [3.8, 4) is 5.88 Å². The van der Waals surface area contributed by atoms with Crippen molar-refractivity contribution in [1.82, 2.24) is 25.1 Å². The van der Waals surface area contributed by atoms with Gasteiger partial charge in [0.1, 0.15) is 5.69 Å². The number of ether oxygens (including phenoxy) is 1. The highest BCUT2D eigenvalue weighted by Gasteiger charge is 2.13. The molecule has 1 aliphatic heterocycles. The number of nitrogens with zero attached hydrogens (tertiary/aromatic N) is 4. The molecule has 0 bridgehead atoms. The molecular weight excluding hydrogens is 456 g/mol. The molecule has 1 fully saturated rings. The molecule has 0 spiro atoms. The van der Waals surface area contributed by atoms with Gasteiger partial charge in [-0.05, 0) is 63.9 Å². The molecule has 9 nitrogen and oxygen atoms in total. The highest BCUT2D eigenvalue weighted by atomic mass is 16.5. The molecule has 3 rings (SSSR count). The first-order valence-electron chi connectivity index (χ1n) is 12.6. The van der Waals surface area contributed by atoms with E-state index in [1.807, 2.05) is 51.1 Å². The normalized spacial score (nSPS) is 13.5. The standard InChI is InChI=1S/C27H38N6O3/c1-5-23-27(36-20(2)3)31-24(18-29-23)30-22-10-6-9-21(17-22)12-13-28-25(34)19-32(4)26(35)11-7-14-33-15-8-16-33/h6-7,9-11,17-18,20H,5,8,12-16,19H2,1-4H3,(H,28,34)(H,30,31)/b11-7+. The average Bonchev–Trinajstić information content (AvgIpc) is 2.80. The molecule has 0 atom stereocenters. The largest absolute Gasteiger partial charge is 0.474 e. The molecule has 1 aromatic heterocycles. The van der Waals surface area contributed by atoms with Gasteiger partial charge in [0.05, 0.1) is 18.8 Å². The molecule has 1 aliphatic rings. The second-order valence-corrected chi connectivity index (χ2v) is 9.20. The molecule has 1 saturated heterocycles. The van der Waals surface area contributed by atoms with Gasteiger partial charge in [0.25, 0.3) is 0 Å². The molecule has 36 heavy (non-hydrogen) atoms. The van der Waals surface area contributed by atoms with Crippen LogP contribution in [0.15, 0.2) is 42.6 Å². The Balaban J connectivity index is 1.45. The Morgan fingerprint density at radius 3 is 2.78 bits per heavy atom. The molecule has 2 aromatic rings. The second-order valence-electron chi connectivity index (χ2n) is 9.20. The molecule has 194 valence electrons. The second kappa shape index (κ2) is 13.6. The molecule has 9 heteroatoms. The van der Waals surface area contributed by atoms with Gasteiger partial charge in [-0.25, -0.2) is 0 Å². The van der Waals surface area contributed by atoms with E-state index in [9.17, 15) is 9.59 Å². The van der Waals surface area contributed by atoms with Gasteiger partial charge in [0, 0.05) is 31.9 Å². The summed E-state index contributed by atoms with van der Waals surface area (Å²) in [6, 6.07) is 7.94. The van der Waals surface area contributed by atoms with Crippen LogP contribution in [-0.2, 0) is 22.4 Å². The Labute approximate surface area is 213 Å². The van der Waals surface area contributed by atoms with E-state index in [2.05, 4.69) is 25.5 Å². The summed E-state index contributed by atoms with van der Waals surface area (Å²) < 4.78 is 5.81. The summed E-state index contributed by atoms with van der Waals surface area (Å²) >= 11 is 0. The van der Waals surface area contributed by atoms with E-state index in [4.69, 9.17) is 4.74 Å². The van der Waals surface area contributed by atoms with Gasteiger partial charge in [-0.1, -0.05) is 25.1 Å². The lowest BCUT2D eigenvalue weighted by Gasteiger charge is -2.29. The first kappa shape index (κ1) is 27.1. The Bertz CT molecular complexity index is 1050. The van der Waals surface area contributed by atoms with Gasteiger partial charge in [0.15, 0.2) is 5.82 Å². The molecule has 2 amide bonds. The summed E-state index contributed by atoms with van der Waals surface area (Å²) in [6.07, 6.45) is 7.76. The summed E-state index contributed by atoms with van der Waals surface area (Å²) in [5.41, 5.74) is 2.77. The van der Waals surface area contributed by atoms with Gasteiger partial charge >= 0.3 is 0 Å². The summed E-state index contributed by atoms with van der Waals surface area (Å²) in [6.45, 7) is 9.42. The van der Waals surface area contributed by atoms with E-state index in [1.165, 1.54) is 11.3 Å². The third kappa shape index (κ3) is 8.64. The van der Waals surface area contributed by atoms with E-state index < -0.39 is 0 Å². The number of rotatable bonds is 13. The topological polar surface area (TPSA) is 99.7 Å². The predicted molar refractivity (Wildman–Crippen MR) is 141 cm³/mol. The molecule has 2 heterocycles. The fourth-order valence-electron chi connectivity index (χ4n) is 3.66. The fraction of sp³-hybridized carbons (Fsp3) is 0.481. The van der Waals surface area contributed by atoms with Crippen LogP contribution in [0.4, 0.5) is 11.5 Å². The summed E-state index contributed by atoms with van der Waals surface area (Å²) in [5.74, 6) is 0.813. The first-order chi connectivity index (χ1) is 17.3. The van der Waals surface area contributed by atoms with Crippen LogP contribution in [-0.4, -0.2) is 77.5 Å². The van der Waals surface area contributed by atoms with Gasteiger partial charge < -0.3 is 20.3 Å². The highest BCUT2D eigenvalue weighted by Crippen LogP contribution is 2.21. The van der Waals surface area contributed by atoms with E-state index in [1.54, 1.807) is 19.3 Å². The van der Waals surface area contributed by atoms with Gasteiger partial charge in [0.2, 0.25) is 17.7 Å². The summed E-state index contributed by atoms with van der Waals surface area (Å²) in [4.78, 5) is 37.2. The zero-order valence-corrected chi connectivity index (χ0v) is 21.8. The van der Waals surface area contributed by atoms with E-state index in [-0.39, 0.29) is 24.5 Å². The number of likely N-dealkylation sites (N-methyl/N-ethyl adjacent to an activating group) is 1. The predicted octanol–water partition coefficient (Wildman–Crippen LogP) is 2.95. The van der Waals surface area contributed by atoms with E-state index in [0.717, 1.165) is 43.0 Å². The van der Waals surface area contributed by atoms with Crippen molar-refractivity contribution < 1.29 is 14.3 Å². The van der Waals surface area contributed by atoms with E-state index >= 15 is 0 Å². The summed E-state index contributed by atoms with van der Waals surface area (Å²) in [5, 5.41) is 6.18. The van der Waals surface area contributed by atoms with Gasteiger partial charge in [-0.15, -0.1) is 0 Å². The van der Waals surface area contributed by atoms with Crippen molar-refractivity contribution in [3.63, 3.8) is 0 Å². The minimum absolute atomic E-state index is 0.0166. The number of benzene rings is 1. The highest BCUT2D eigenvalue weighted by molar-refractivity contribution is 5.91. The Morgan fingerprint density at radius 1 is 1.28 bits per heavy atom. The summed E-state index contributed by atoms with van der Waals surface area (Å²) in [7, 11) is 1.64. The van der Waals surface area contributed by atoms with E-state index in [0.29, 0.717) is 24.7 Å². The fourth-order valence-corrected chi connectivity index (χ4v) is 3.66. The first-order valence-corrected chi connectivity index (χ1v) is 12.6. The number of hydrogen-bond acceptors (Lipinski definition) is 7. The average molecular weight is 495 g/mol. The Morgan fingerprint density at radius 2 is 2.08 bits per heavy atom. The molecule has 0 saturated carbocycles. The van der Waals surface area contributed by atoms with Gasteiger partial charge in [-0.3, -0.25) is 19.5 Å². The van der Waals surface area contributed by atoms with Crippen molar-refractivity contribution in [1.29, 1.82) is 0 Å². The number of carbonyl (C=O) groups is 2. The Kier molecular flexibility index (Phi) is 10.2. The van der Waals surface area contributed by atoms with Crippen molar-refractivity contribution >= 4 is 23.3 Å². The molecular formula is C27H38N6O3. The van der Waals surface area contributed by atoms with Crippen LogP contribution < -0.4 is 15.4 Å². The number of nitrogens with one attached hydrogen (secondary N) is 2. The molecule has 1 aromatic carbocycles. The van der Waals surface area contributed by atoms with Crippen LogP contribution >= 0.6 is 0 Å². The van der Waals surface area contributed by atoms with Crippen LogP contribution in [0.2, 0.25) is 0 Å². The number of anilines is 2. The smallest absolute Gasteiger partial charge is 0.246 e. The van der Waals surface area contributed by atoms with Crippen LogP contribution in [0.1, 0.15) is 38.4 Å². The maximum Gasteiger partial charge on any atom is 0.246 e. The van der Waals surface area contributed by atoms with Crippen LogP contribution in [0.3, 0.4) is 0 Å². The Hall–Kier alpha value is -3.46. The van der Waals surface area contributed by atoms with Crippen molar-refractivity contribution in [2.45, 2.75) is 46.1 Å². The molecule has 0 aliphatic carbocycles. The maximum atomic E-state index is 12.3. The van der Waals surface area contributed by atoms with Crippen LogP contribution in [0.5, 0.6) is 5.88 Å². The lowest BCUT2D eigenvalue weighted by molar-refractivity contribution is -0.131. The van der Waals surface area contributed by atoms with Crippen LogP contribution in [0, 0.1) is 0 Å². The molecule has 0 unspecified atom stereocenters. The quantitative estimate of drug-likeness (QED) is 0.413.